The minimum atomic E-state index is 0.198. The smallest absolute Gasteiger partial charge is 0.148 e. The molecule has 3 nitrogen and oxygen atoms in total. The summed E-state index contributed by atoms with van der Waals surface area (Å²) >= 11 is 0. The standard InChI is InChI=1S/C15H21NO2/c1-3-9-16(10-11-17)13-14-5-7-15(8-6-14)18-12-4-2/h2,5-8,17H,3,9-13H2,1H3. The van der Waals surface area contributed by atoms with Gasteiger partial charge in [-0.1, -0.05) is 25.0 Å². The van der Waals surface area contributed by atoms with Gasteiger partial charge in [0.15, 0.2) is 0 Å². The van der Waals surface area contributed by atoms with Crippen molar-refractivity contribution in [2.45, 2.75) is 19.9 Å². The molecule has 1 aromatic carbocycles. The van der Waals surface area contributed by atoms with Gasteiger partial charge in [0.2, 0.25) is 0 Å². The van der Waals surface area contributed by atoms with Crippen LogP contribution in [0, 0.1) is 12.3 Å². The van der Waals surface area contributed by atoms with Crippen LogP contribution >= 0.6 is 0 Å². The topological polar surface area (TPSA) is 32.7 Å². The molecule has 0 spiro atoms. The Morgan fingerprint density at radius 3 is 2.56 bits per heavy atom. The molecule has 0 heterocycles. The number of terminal acetylenes is 1. The van der Waals surface area contributed by atoms with Crippen molar-refractivity contribution in [3.63, 3.8) is 0 Å². The Hall–Kier alpha value is -1.50. The summed E-state index contributed by atoms with van der Waals surface area (Å²) in [6.45, 7) is 5.19. The molecule has 0 unspecified atom stereocenters. The Morgan fingerprint density at radius 1 is 1.28 bits per heavy atom. The molecule has 18 heavy (non-hydrogen) atoms. The zero-order valence-electron chi connectivity index (χ0n) is 10.9. The second kappa shape index (κ2) is 8.57. The van der Waals surface area contributed by atoms with Gasteiger partial charge in [-0.2, -0.15) is 0 Å². The molecule has 98 valence electrons. The number of hydrogen-bond donors (Lipinski definition) is 1. The van der Waals surface area contributed by atoms with Gasteiger partial charge in [0.05, 0.1) is 6.61 Å². The van der Waals surface area contributed by atoms with Crippen LogP contribution in [0.1, 0.15) is 18.9 Å². The van der Waals surface area contributed by atoms with Crippen molar-refractivity contribution >= 4 is 0 Å². The van der Waals surface area contributed by atoms with Crippen LogP contribution < -0.4 is 4.74 Å². The van der Waals surface area contributed by atoms with Crippen LogP contribution in [0.3, 0.4) is 0 Å². The highest BCUT2D eigenvalue weighted by molar-refractivity contribution is 5.27. The quantitative estimate of drug-likeness (QED) is 0.712. The van der Waals surface area contributed by atoms with E-state index in [1.54, 1.807) is 0 Å². The Labute approximate surface area is 109 Å². The summed E-state index contributed by atoms with van der Waals surface area (Å²) in [5.74, 6) is 3.23. The molecule has 0 radical (unpaired) electrons. The number of benzene rings is 1. The first-order valence-corrected chi connectivity index (χ1v) is 6.28. The van der Waals surface area contributed by atoms with Gasteiger partial charge in [0, 0.05) is 13.1 Å². The molecule has 0 atom stereocenters. The lowest BCUT2D eigenvalue weighted by Crippen LogP contribution is -2.27. The van der Waals surface area contributed by atoms with Gasteiger partial charge in [0.1, 0.15) is 12.4 Å². The lowest BCUT2D eigenvalue weighted by Gasteiger charge is -2.20. The molecule has 0 fully saturated rings. The maximum absolute atomic E-state index is 9.00. The predicted octanol–water partition coefficient (Wildman–Crippen LogP) is 1.90. The minimum absolute atomic E-state index is 0.198. The first kappa shape index (κ1) is 14.6. The van der Waals surface area contributed by atoms with E-state index >= 15 is 0 Å². The van der Waals surface area contributed by atoms with Crippen LogP contribution in [0.25, 0.3) is 0 Å². The van der Waals surface area contributed by atoms with Crippen molar-refractivity contribution < 1.29 is 9.84 Å². The Morgan fingerprint density at radius 2 is 2.00 bits per heavy atom. The fourth-order valence-corrected chi connectivity index (χ4v) is 1.80. The third-order valence-corrected chi connectivity index (χ3v) is 2.61. The zero-order chi connectivity index (χ0) is 13.2. The summed E-state index contributed by atoms with van der Waals surface area (Å²) in [6, 6.07) is 7.92. The highest BCUT2D eigenvalue weighted by Crippen LogP contribution is 2.13. The number of rotatable bonds is 8. The highest BCUT2D eigenvalue weighted by atomic mass is 16.5. The summed E-state index contributed by atoms with van der Waals surface area (Å²) in [6.07, 6.45) is 6.22. The maximum atomic E-state index is 9.00. The van der Waals surface area contributed by atoms with Crippen molar-refractivity contribution in [1.82, 2.24) is 4.90 Å². The second-order valence-corrected chi connectivity index (χ2v) is 4.14. The van der Waals surface area contributed by atoms with Crippen molar-refractivity contribution in [2.75, 3.05) is 26.3 Å². The van der Waals surface area contributed by atoms with Crippen LogP contribution in [0.5, 0.6) is 5.75 Å². The zero-order valence-corrected chi connectivity index (χ0v) is 10.9. The normalized spacial score (nSPS) is 10.3. The average Bonchev–Trinajstić information content (AvgIpc) is 2.38. The highest BCUT2D eigenvalue weighted by Gasteiger charge is 2.04. The lowest BCUT2D eigenvalue weighted by molar-refractivity contribution is 0.190. The van der Waals surface area contributed by atoms with E-state index in [1.807, 2.05) is 24.3 Å². The van der Waals surface area contributed by atoms with Crippen molar-refractivity contribution in [3.05, 3.63) is 29.8 Å². The fourth-order valence-electron chi connectivity index (χ4n) is 1.80. The number of aliphatic hydroxyl groups is 1. The van der Waals surface area contributed by atoms with Crippen molar-refractivity contribution in [2.24, 2.45) is 0 Å². The van der Waals surface area contributed by atoms with E-state index in [1.165, 1.54) is 5.56 Å². The van der Waals surface area contributed by atoms with Crippen molar-refractivity contribution in [1.29, 1.82) is 0 Å². The molecule has 0 aliphatic carbocycles. The van der Waals surface area contributed by atoms with Gasteiger partial charge in [0.25, 0.3) is 0 Å². The lowest BCUT2D eigenvalue weighted by atomic mass is 10.2. The second-order valence-electron chi connectivity index (χ2n) is 4.14. The molecule has 0 amide bonds. The number of aliphatic hydroxyl groups excluding tert-OH is 1. The van der Waals surface area contributed by atoms with Crippen LogP contribution in [0.4, 0.5) is 0 Å². The van der Waals surface area contributed by atoms with E-state index in [-0.39, 0.29) is 6.61 Å². The van der Waals surface area contributed by atoms with Crippen LogP contribution in [0.15, 0.2) is 24.3 Å². The summed E-state index contributed by atoms with van der Waals surface area (Å²) in [5, 5.41) is 9.00. The molecule has 0 aliphatic heterocycles. The van der Waals surface area contributed by atoms with Gasteiger partial charge < -0.3 is 9.84 Å². The Balaban J connectivity index is 2.53. The largest absolute Gasteiger partial charge is 0.481 e. The van der Waals surface area contributed by atoms with Crippen LogP contribution in [-0.4, -0.2) is 36.3 Å². The SMILES string of the molecule is C#CCOc1ccc(CN(CCC)CCO)cc1. The molecule has 0 saturated heterocycles. The van der Waals surface area contributed by atoms with Gasteiger partial charge in [-0.05, 0) is 30.7 Å². The van der Waals surface area contributed by atoms with E-state index in [4.69, 9.17) is 16.3 Å². The molecule has 1 N–H and O–H groups in total. The van der Waals surface area contributed by atoms with Gasteiger partial charge in [-0.25, -0.2) is 0 Å². The monoisotopic (exact) mass is 247 g/mol. The van der Waals surface area contributed by atoms with Crippen LogP contribution in [0.2, 0.25) is 0 Å². The van der Waals surface area contributed by atoms with Crippen molar-refractivity contribution in [3.8, 4) is 18.1 Å². The van der Waals surface area contributed by atoms with E-state index in [0.717, 1.165) is 25.3 Å². The summed E-state index contributed by atoms with van der Waals surface area (Å²) in [4.78, 5) is 2.23. The van der Waals surface area contributed by atoms with Crippen LogP contribution in [-0.2, 0) is 6.54 Å². The van der Waals surface area contributed by atoms with E-state index in [2.05, 4.69) is 17.7 Å². The number of hydrogen-bond acceptors (Lipinski definition) is 3. The first-order chi connectivity index (χ1) is 8.80. The summed E-state index contributed by atoms with van der Waals surface area (Å²) in [7, 11) is 0. The fraction of sp³-hybridized carbons (Fsp3) is 0.467. The molecule has 0 saturated carbocycles. The molecule has 0 aromatic heterocycles. The molecule has 0 bridgehead atoms. The number of ether oxygens (including phenoxy) is 1. The first-order valence-electron chi connectivity index (χ1n) is 6.28. The summed E-state index contributed by atoms with van der Waals surface area (Å²) in [5.41, 5.74) is 1.21. The average molecular weight is 247 g/mol. The number of nitrogens with zero attached hydrogens (tertiary/aromatic N) is 1. The van der Waals surface area contributed by atoms with Gasteiger partial charge in [-0.15, -0.1) is 6.42 Å². The molecule has 0 aliphatic rings. The minimum Gasteiger partial charge on any atom is -0.481 e. The molecular weight excluding hydrogens is 226 g/mol. The maximum Gasteiger partial charge on any atom is 0.148 e. The Bertz CT molecular complexity index is 361. The molecule has 1 aromatic rings. The molecular formula is C15H21NO2. The predicted molar refractivity (Wildman–Crippen MR) is 73.4 cm³/mol. The Kier molecular flexibility index (Phi) is 6.93. The third kappa shape index (κ3) is 5.22. The summed E-state index contributed by atoms with van der Waals surface area (Å²) < 4.78 is 5.32. The molecule has 3 heteroatoms. The molecule has 1 rings (SSSR count). The van der Waals surface area contributed by atoms with Gasteiger partial charge >= 0.3 is 0 Å². The third-order valence-electron chi connectivity index (χ3n) is 2.61. The van der Waals surface area contributed by atoms with E-state index < -0.39 is 0 Å². The van der Waals surface area contributed by atoms with Gasteiger partial charge in [-0.3, -0.25) is 4.90 Å². The van der Waals surface area contributed by atoms with E-state index in [9.17, 15) is 0 Å². The van der Waals surface area contributed by atoms with E-state index in [0.29, 0.717) is 13.2 Å².